The van der Waals surface area contributed by atoms with E-state index >= 15 is 0 Å². The van der Waals surface area contributed by atoms with Gasteiger partial charge in [0.25, 0.3) is 5.56 Å². The molecule has 0 aliphatic carbocycles. The summed E-state index contributed by atoms with van der Waals surface area (Å²) in [5.41, 5.74) is 7.03. The number of nitrogens with one attached hydrogen (secondary N) is 1. The summed E-state index contributed by atoms with van der Waals surface area (Å²) in [7, 11) is 0. The molecule has 3 N–H and O–H groups in total. The Kier molecular flexibility index (Phi) is 5.44. The van der Waals surface area contributed by atoms with Crippen LogP contribution in [0.3, 0.4) is 0 Å². The number of hydrogen-bond donors (Lipinski definition) is 2. The molecule has 1 aromatic carbocycles. The SMILES string of the molecule is Cc1nc2ccc(CN)cc2c(=O)[nH]1.Cl.Cl. The molecule has 0 saturated carbocycles. The Hall–Kier alpha value is -1.10. The standard InChI is InChI=1S/C10H11N3O.2ClH/c1-6-12-9-3-2-7(5-11)4-8(9)10(14)13-6;;/h2-4H,5,11H2,1H3,(H,12,13,14);2*1H. The summed E-state index contributed by atoms with van der Waals surface area (Å²) in [6.45, 7) is 2.20. The molecule has 0 radical (unpaired) electrons. The molecule has 16 heavy (non-hydrogen) atoms. The van der Waals surface area contributed by atoms with E-state index in [4.69, 9.17) is 5.73 Å². The van der Waals surface area contributed by atoms with E-state index in [1.54, 1.807) is 13.0 Å². The zero-order valence-electron chi connectivity index (χ0n) is 8.69. The van der Waals surface area contributed by atoms with E-state index in [0.717, 1.165) is 5.56 Å². The van der Waals surface area contributed by atoms with Gasteiger partial charge >= 0.3 is 0 Å². The normalized spacial score (nSPS) is 9.38. The summed E-state index contributed by atoms with van der Waals surface area (Å²) in [6.07, 6.45) is 0. The zero-order valence-corrected chi connectivity index (χ0v) is 10.3. The van der Waals surface area contributed by atoms with Crippen molar-refractivity contribution in [1.29, 1.82) is 0 Å². The number of nitrogens with two attached hydrogens (primary N) is 1. The van der Waals surface area contributed by atoms with Crippen LogP contribution in [0.15, 0.2) is 23.0 Å². The first kappa shape index (κ1) is 14.9. The Morgan fingerprint density at radius 2 is 2.06 bits per heavy atom. The van der Waals surface area contributed by atoms with E-state index in [9.17, 15) is 4.79 Å². The number of H-pyrrole nitrogens is 1. The van der Waals surface area contributed by atoms with Gasteiger partial charge in [-0.15, -0.1) is 24.8 Å². The fraction of sp³-hybridized carbons (Fsp3) is 0.200. The molecular weight excluding hydrogens is 249 g/mol. The summed E-state index contributed by atoms with van der Waals surface area (Å²) in [5.74, 6) is 0.628. The van der Waals surface area contributed by atoms with E-state index in [0.29, 0.717) is 23.3 Å². The van der Waals surface area contributed by atoms with Crippen molar-refractivity contribution in [3.05, 3.63) is 39.9 Å². The maximum absolute atomic E-state index is 11.5. The van der Waals surface area contributed by atoms with Crippen LogP contribution in [0.1, 0.15) is 11.4 Å². The van der Waals surface area contributed by atoms with Gasteiger partial charge in [0.15, 0.2) is 0 Å². The van der Waals surface area contributed by atoms with Crippen LogP contribution < -0.4 is 11.3 Å². The summed E-state index contributed by atoms with van der Waals surface area (Å²) in [6, 6.07) is 5.48. The number of hydrogen-bond acceptors (Lipinski definition) is 3. The predicted molar refractivity (Wildman–Crippen MR) is 69.5 cm³/mol. The monoisotopic (exact) mass is 261 g/mol. The summed E-state index contributed by atoms with van der Waals surface area (Å²) < 4.78 is 0. The molecule has 4 nitrogen and oxygen atoms in total. The molecule has 0 amide bonds. The molecule has 1 heterocycles. The van der Waals surface area contributed by atoms with Gasteiger partial charge < -0.3 is 10.7 Å². The highest BCUT2D eigenvalue weighted by molar-refractivity contribution is 5.85. The number of aromatic amines is 1. The molecule has 0 bridgehead atoms. The lowest BCUT2D eigenvalue weighted by Gasteiger charge is -2.00. The van der Waals surface area contributed by atoms with Crippen molar-refractivity contribution in [3.8, 4) is 0 Å². The molecule has 2 aromatic rings. The topological polar surface area (TPSA) is 71.8 Å². The number of fused-ring (bicyclic) bond motifs is 1. The van der Waals surface area contributed by atoms with E-state index in [1.165, 1.54) is 0 Å². The Morgan fingerprint density at radius 3 is 2.69 bits per heavy atom. The molecule has 0 aliphatic heterocycles. The van der Waals surface area contributed by atoms with Gasteiger partial charge in [-0.1, -0.05) is 6.07 Å². The minimum atomic E-state index is -0.109. The largest absolute Gasteiger partial charge is 0.326 e. The van der Waals surface area contributed by atoms with Crippen molar-refractivity contribution in [2.75, 3.05) is 0 Å². The molecule has 0 atom stereocenters. The van der Waals surface area contributed by atoms with Gasteiger partial charge in [-0.3, -0.25) is 4.79 Å². The molecule has 2 rings (SSSR count). The van der Waals surface area contributed by atoms with Gasteiger partial charge in [-0.25, -0.2) is 4.98 Å². The second-order valence-corrected chi connectivity index (χ2v) is 3.21. The van der Waals surface area contributed by atoms with Crippen LogP contribution in [0.25, 0.3) is 10.9 Å². The first-order valence-corrected chi connectivity index (χ1v) is 4.40. The van der Waals surface area contributed by atoms with Crippen LogP contribution in [0.2, 0.25) is 0 Å². The molecule has 0 fully saturated rings. The van der Waals surface area contributed by atoms with Crippen LogP contribution in [0.5, 0.6) is 0 Å². The Morgan fingerprint density at radius 1 is 1.38 bits per heavy atom. The quantitative estimate of drug-likeness (QED) is 0.818. The fourth-order valence-electron chi connectivity index (χ4n) is 1.43. The Balaban J connectivity index is 0.00000112. The Bertz CT molecular complexity index is 539. The number of aromatic nitrogens is 2. The number of aryl methyl sites for hydroxylation is 1. The van der Waals surface area contributed by atoms with Gasteiger partial charge in [0, 0.05) is 6.54 Å². The summed E-state index contributed by atoms with van der Waals surface area (Å²) in [5, 5.41) is 0.596. The smallest absolute Gasteiger partial charge is 0.258 e. The van der Waals surface area contributed by atoms with Crippen LogP contribution >= 0.6 is 24.8 Å². The van der Waals surface area contributed by atoms with Crippen molar-refractivity contribution < 1.29 is 0 Å². The second-order valence-electron chi connectivity index (χ2n) is 3.21. The lowest BCUT2D eigenvalue weighted by molar-refractivity contribution is 1.05. The minimum Gasteiger partial charge on any atom is -0.326 e. The van der Waals surface area contributed by atoms with Crippen LogP contribution in [-0.2, 0) is 6.54 Å². The molecule has 1 aromatic heterocycles. The van der Waals surface area contributed by atoms with Gasteiger partial charge in [-0.05, 0) is 24.6 Å². The first-order valence-electron chi connectivity index (χ1n) is 4.40. The molecule has 0 unspecified atom stereocenters. The Labute approximate surface area is 105 Å². The summed E-state index contributed by atoms with van der Waals surface area (Å²) in [4.78, 5) is 18.4. The maximum Gasteiger partial charge on any atom is 0.258 e. The average molecular weight is 262 g/mol. The molecule has 6 heteroatoms. The van der Waals surface area contributed by atoms with E-state index in [2.05, 4.69) is 9.97 Å². The predicted octanol–water partition coefficient (Wildman–Crippen LogP) is 1.53. The maximum atomic E-state index is 11.5. The highest BCUT2D eigenvalue weighted by atomic mass is 35.5. The lowest BCUT2D eigenvalue weighted by Crippen LogP contribution is -2.10. The van der Waals surface area contributed by atoms with Crippen LogP contribution in [-0.4, -0.2) is 9.97 Å². The second kappa shape index (κ2) is 5.84. The van der Waals surface area contributed by atoms with Crippen LogP contribution in [0, 0.1) is 6.92 Å². The third-order valence-corrected chi connectivity index (χ3v) is 2.12. The highest BCUT2D eigenvalue weighted by Crippen LogP contribution is 2.09. The van der Waals surface area contributed by atoms with Crippen molar-refractivity contribution in [2.45, 2.75) is 13.5 Å². The zero-order chi connectivity index (χ0) is 10.1. The van der Waals surface area contributed by atoms with Gasteiger partial charge in [0.2, 0.25) is 0 Å². The number of halogens is 2. The molecule has 88 valence electrons. The van der Waals surface area contributed by atoms with Crippen molar-refractivity contribution >= 4 is 35.7 Å². The number of rotatable bonds is 1. The van der Waals surface area contributed by atoms with E-state index < -0.39 is 0 Å². The molecule has 0 aliphatic rings. The van der Waals surface area contributed by atoms with Crippen molar-refractivity contribution in [3.63, 3.8) is 0 Å². The van der Waals surface area contributed by atoms with Crippen molar-refractivity contribution in [1.82, 2.24) is 9.97 Å². The summed E-state index contributed by atoms with van der Waals surface area (Å²) >= 11 is 0. The number of nitrogens with zero attached hydrogens (tertiary/aromatic N) is 1. The van der Waals surface area contributed by atoms with Crippen molar-refractivity contribution in [2.24, 2.45) is 5.73 Å². The first-order chi connectivity index (χ1) is 6.70. The van der Waals surface area contributed by atoms with E-state index in [1.807, 2.05) is 12.1 Å². The molecule has 0 spiro atoms. The third kappa shape index (κ3) is 2.72. The van der Waals surface area contributed by atoms with Gasteiger partial charge in [0.1, 0.15) is 5.82 Å². The minimum absolute atomic E-state index is 0. The number of benzene rings is 1. The third-order valence-electron chi connectivity index (χ3n) is 2.12. The van der Waals surface area contributed by atoms with Crippen LogP contribution in [0.4, 0.5) is 0 Å². The molecular formula is C10H13Cl2N3O. The fourth-order valence-corrected chi connectivity index (χ4v) is 1.43. The average Bonchev–Trinajstić information content (AvgIpc) is 2.17. The highest BCUT2D eigenvalue weighted by Gasteiger charge is 2.01. The molecule has 0 saturated heterocycles. The lowest BCUT2D eigenvalue weighted by atomic mass is 10.1. The van der Waals surface area contributed by atoms with Gasteiger partial charge in [-0.2, -0.15) is 0 Å². The van der Waals surface area contributed by atoms with Gasteiger partial charge in [0.05, 0.1) is 10.9 Å². The van der Waals surface area contributed by atoms with E-state index in [-0.39, 0.29) is 30.4 Å².